The molecule has 0 aliphatic heterocycles. The van der Waals surface area contributed by atoms with Gasteiger partial charge in [-0.1, -0.05) is 41.5 Å². The van der Waals surface area contributed by atoms with Gasteiger partial charge in [-0.3, -0.25) is 4.79 Å². The zero-order chi connectivity index (χ0) is 14.7. The normalized spacial score (nSPS) is 16.3. The molecule has 0 aromatic heterocycles. The lowest BCUT2D eigenvalue weighted by Crippen LogP contribution is -2.47. The minimum Gasteiger partial charge on any atom is -0.342 e. The molecule has 108 valence electrons. The Balaban J connectivity index is 4.80. The Labute approximate surface area is 113 Å². The molecule has 2 atom stereocenters. The predicted molar refractivity (Wildman–Crippen MR) is 78.3 cm³/mol. The van der Waals surface area contributed by atoms with Crippen LogP contribution in [0.1, 0.15) is 54.9 Å². The van der Waals surface area contributed by atoms with Gasteiger partial charge in [0.15, 0.2) is 0 Å². The van der Waals surface area contributed by atoms with Crippen molar-refractivity contribution in [3.05, 3.63) is 0 Å². The van der Waals surface area contributed by atoms with Crippen LogP contribution in [0.5, 0.6) is 0 Å². The molecule has 0 rings (SSSR count). The second-order valence-electron chi connectivity index (χ2n) is 7.69. The van der Waals surface area contributed by atoms with Gasteiger partial charge in [0.25, 0.3) is 0 Å². The highest BCUT2D eigenvalue weighted by molar-refractivity contribution is 5.79. The van der Waals surface area contributed by atoms with Gasteiger partial charge in [0.2, 0.25) is 5.91 Å². The highest BCUT2D eigenvalue weighted by atomic mass is 16.2. The highest BCUT2D eigenvalue weighted by Gasteiger charge is 2.32. The molecule has 0 aromatic carbocycles. The molecule has 2 unspecified atom stereocenters. The fourth-order valence-corrected chi connectivity index (χ4v) is 2.07. The summed E-state index contributed by atoms with van der Waals surface area (Å²) in [6.07, 6.45) is 0.837. The molecule has 0 aliphatic rings. The van der Waals surface area contributed by atoms with Crippen molar-refractivity contribution in [2.24, 2.45) is 22.5 Å². The lowest BCUT2D eigenvalue weighted by Gasteiger charge is -2.38. The fraction of sp³-hybridized carbons (Fsp3) is 0.933. The number of nitrogens with two attached hydrogens (primary N) is 1. The molecule has 0 fully saturated rings. The number of nitrogens with zero attached hydrogens (tertiary/aromatic N) is 1. The maximum atomic E-state index is 12.5. The maximum Gasteiger partial charge on any atom is 0.226 e. The van der Waals surface area contributed by atoms with E-state index in [9.17, 15) is 4.79 Å². The third kappa shape index (κ3) is 5.38. The van der Waals surface area contributed by atoms with Crippen LogP contribution in [0.3, 0.4) is 0 Å². The van der Waals surface area contributed by atoms with E-state index in [-0.39, 0.29) is 28.7 Å². The van der Waals surface area contributed by atoms with E-state index in [0.29, 0.717) is 6.54 Å². The van der Waals surface area contributed by atoms with E-state index in [2.05, 4.69) is 48.5 Å². The average molecular weight is 256 g/mol. The second kappa shape index (κ2) is 6.05. The number of carbonyl (C=O) groups excluding carboxylic acids is 1. The average Bonchev–Trinajstić information content (AvgIpc) is 2.20. The monoisotopic (exact) mass is 256 g/mol. The smallest absolute Gasteiger partial charge is 0.226 e. The Morgan fingerprint density at radius 3 is 1.89 bits per heavy atom. The second-order valence-corrected chi connectivity index (χ2v) is 7.69. The van der Waals surface area contributed by atoms with Crippen LogP contribution in [0.25, 0.3) is 0 Å². The molecule has 0 bridgehead atoms. The molecule has 3 nitrogen and oxygen atoms in total. The van der Waals surface area contributed by atoms with E-state index >= 15 is 0 Å². The molecule has 0 radical (unpaired) electrons. The summed E-state index contributed by atoms with van der Waals surface area (Å²) in [5.41, 5.74) is 6.00. The van der Waals surface area contributed by atoms with Crippen LogP contribution in [0.4, 0.5) is 0 Å². The Morgan fingerprint density at radius 2 is 1.61 bits per heavy atom. The van der Waals surface area contributed by atoms with Gasteiger partial charge in [0.05, 0.1) is 5.92 Å². The Bertz CT molecular complexity index is 269. The number of rotatable bonds is 4. The van der Waals surface area contributed by atoms with E-state index in [4.69, 9.17) is 5.73 Å². The minimum atomic E-state index is -0.0696. The van der Waals surface area contributed by atoms with Gasteiger partial charge in [-0.2, -0.15) is 0 Å². The number of carbonyl (C=O) groups is 1. The highest BCUT2D eigenvalue weighted by Crippen LogP contribution is 2.28. The largest absolute Gasteiger partial charge is 0.342 e. The SMILES string of the molecule is CC(N(C)C(=O)C(CN)CC(C)(C)C)C(C)(C)C. The number of hydrogen-bond acceptors (Lipinski definition) is 2. The zero-order valence-corrected chi connectivity index (χ0v) is 13.5. The van der Waals surface area contributed by atoms with Crippen LogP contribution < -0.4 is 5.73 Å². The molecule has 0 aromatic rings. The first-order valence-corrected chi connectivity index (χ1v) is 6.87. The van der Waals surface area contributed by atoms with Crippen molar-refractivity contribution in [3.63, 3.8) is 0 Å². The lowest BCUT2D eigenvalue weighted by atomic mass is 9.82. The molecular weight excluding hydrogens is 224 g/mol. The van der Waals surface area contributed by atoms with Gasteiger partial charge in [0.1, 0.15) is 0 Å². The summed E-state index contributed by atoms with van der Waals surface area (Å²) in [6.45, 7) is 15.4. The lowest BCUT2D eigenvalue weighted by molar-refractivity contribution is -0.138. The molecular formula is C15H32N2O. The molecule has 3 heteroatoms. The minimum absolute atomic E-state index is 0.0696. The quantitative estimate of drug-likeness (QED) is 0.840. The van der Waals surface area contributed by atoms with Crippen LogP contribution in [0.15, 0.2) is 0 Å². The Hall–Kier alpha value is -0.570. The summed E-state index contributed by atoms with van der Waals surface area (Å²) >= 11 is 0. The van der Waals surface area contributed by atoms with Crippen LogP contribution in [-0.2, 0) is 4.79 Å². The van der Waals surface area contributed by atoms with Gasteiger partial charge in [0, 0.05) is 19.6 Å². The first kappa shape index (κ1) is 17.4. The van der Waals surface area contributed by atoms with E-state index in [1.54, 1.807) is 0 Å². The molecule has 0 aliphatic carbocycles. The van der Waals surface area contributed by atoms with Crippen molar-refractivity contribution in [3.8, 4) is 0 Å². The van der Waals surface area contributed by atoms with Crippen LogP contribution >= 0.6 is 0 Å². The van der Waals surface area contributed by atoms with Crippen LogP contribution in [-0.4, -0.2) is 30.4 Å². The molecule has 0 heterocycles. The van der Waals surface area contributed by atoms with Crippen molar-refractivity contribution < 1.29 is 4.79 Å². The number of amides is 1. The van der Waals surface area contributed by atoms with Crippen molar-refractivity contribution >= 4 is 5.91 Å². The molecule has 0 saturated heterocycles. The fourth-order valence-electron chi connectivity index (χ4n) is 2.07. The third-order valence-electron chi connectivity index (χ3n) is 3.67. The van der Waals surface area contributed by atoms with E-state index in [1.165, 1.54) is 0 Å². The molecule has 0 spiro atoms. The van der Waals surface area contributed by atoms with Gasteiger partial charge in [-0.25, -0.2) is 0 Å². The van der Waals surface area contributed by atoms with Gasteiger partial charge >= 0.3 is 0 Å². The summed E-state index contributed by atoms with van der Waals surface area (Å²) in [6, 6.07) is 0.207. The molecule has 1 amide bonds. The summed E-state index contributed by atoms with van der Waals surface area (Å²) < 4.78 is 0. The van der Waals surface area contributed by atoms with E-state index < -0.39 is 0 Å². The summed E-state index contributed by atoms with van der Waals surface area (Å²) in [5.74, 6) is 0.106. The molecule has 18 heavy (non-hydrogen) atoms. The Morgan fingerprint density at radius 1 is 1.17 bits per heavy atom. The van der Waals surface area contributed by atoms with Crippen LogP contribution in [0, 0.1) is 16.7 Å². The van der Waals surface area contributed by atoms with Gasteiger partial charge in [-0.15, -0.1) is 0 Å². The first-order chi connectivity index (χ1) is 7.90. The van der Waals surface area contributed by atoms with Crippen molar-refractivity contribution in [2.45, 2.75) is 60.9 Å². The van der Waals surface area contributed by atoms with Crippen molar-refractivity contribution in [1.29, 1.82) is 0 Å². The van der Waals surface area contributed by atoms with Crippen LogP contribution in [0.2, 0.25) is 0 Å². The molecule has 0 saturated carbocycles. The standard InChI is InChI=1S/C15H32N2O/c1-11(15(5,6)7)17(8)13(18)12(10-16)9-14(2,3)4/h11-12H,9-10,16H2,1-8H3. The van der Waals surface area contributed by atoms with Crippen molar-refractivity contribution in [2.75, 3.05) is 13.6 Å². The van der Waals surface area contributed by atoms with Gasteiger partial charge in [-0.05, 0) is 24.2 Å². The zero-order valence-electron chi connectivity index (χ0n) is 13.5. The topological polar surface area (TPSA) is 46.3 Å². The Kier molecular flexibility index (Phi) is 5.86. The predicted octanol–water partition coefficient (Wildman–Crippen LogP) is 2.89. The summed E-state index contributed by atoms with van der Waals surface area (Å²) in [5, 5.41) is 0. The maximum absolute atomic E-state index is 12.5. The third-order valence-corrected chi connectivity index (χ3v) is 3.67. The van der Waals surface area contributed by atoms with Crippen molar-refractivity contribution in [1.82, 2.24) is 4.90 Å². The summed E-state index contributed by atoms with van der Waals surface area (Å²) in [4.78, 5) is 14.4. The van der Waals surface area contributed by atoms with Gasteiger partial charge < -0.3 is 10.6 Å². The molecule has 2 N–H and O–H groups in total. The van der Waals surface area contributed by atoms with E-state index in [1.807, 2.05) is 11.9 Å². The summed E-state index contributed by atoms with van der Waals surface area (Å²) in [7, 11) is 1.89. The van der Waals surface area contributed by atoms with E-state index in [0.717, 1.165) is 6.42 Å². The number of hydrogen-bond donors (Lipinski definition) is 1. The first-order valence-electron chi connectivity index (χ1n) is 6.87.